The standard InChI is InChI=1S/C20H41ClN2O3/c1-20(2,3)23-13-9-6-7-11-19(24)22-14-16-26-18-17-25-15-10-5-4-8-12-21/h23H,4-18H2,1-3H3,(H,22,24). The summed E-state index contributed by atoms with van der Waals surface area (Å²) in [6.45, 7) is 10.6. The molecule has 0 spiro atoms. The SMILES string of the molecule is CC(C)(C)NCCCCCC(=O)NCCOCCOCCCCCCCl. The first-order chi connectivity index (χ1) is 12.5. The van der Waals surface area contributed by atoms with Gasteiger partial charge in [0.25, 0.3) is 0 Å². The van der Waals surface area contributed by atoms with Gasteiger partial charge >= 0.3 is 0 Å². The predicted octanol–water partition coefficient (Wildman–Crippen LogP) is 3.88. The third-order valence-electron chi connectivity index (χ3n) is 3.85. The second-order valence-electron chi connectivity index (χ2n) is 7.67. The van der Waals surface area contributed by atoms with Crippen LogP contribution in [0.4, 0.5) is 0 Å². The van der Waals surface area contributed by atoms with E-state index in [1.807, 2.05) is 0 Å². The monoisotopic (exact) mass is 392 g/mol. The van der Waals surface area contributed by atoms with Crippen molar-refractivity contribution in [3.63, 3.8) is 0 Å². The number of hydrogen-bond donors (Lipinski definition) is 2. The van der Waals surface area contributed by atoms with Gasteiger partial charge in [-0.05, 0) is 53.0 Å². The summed E-state index contributed by atoms with van der Waals surface area (Å²) in [6.07, 6.45) is 8.25. The van der Waals surface area contributed by atoms with Crippen LogP contribution >= 0.6 is 11.6 Å². The first-order valence-electron chi connectivity index (χ1n) is 10.2. The maximum absolute atomic E-state index is 11.7. The summed E-state index contributed by atoms with van der Waals surface area (Å²) in [5.74, 6) is 0.866. The minimum atomic E-state index is 0.116. The maximum atomic E-state index is 11.7. The van der Waals surface area contributed by atoms with Gasteiger partial charge in [0.05, 0.1) is 19.8 Å². The lowest BCUT2D eigenvalue weighted by molar-refractivity contribution is -0.121. The van der Waals surface area contributed by atoms with Crippen molar-refractivity contribution in [3.8, 4) is 0 Å². The molecule has 0 aromatic carbocycles. The molecule has 0 bridgehead atoms. The fraction of sp³-hybridized carbons (Fsp3) is 0.950. The highest BCUT2D eigenvalue weighted by atomic mass is 35.5. The molecule has 0 saturated carbocycles. The van der Waals surface area contributed by atoms with Crippen LogP contribution in [0.1, 0.15) is 72.1 Å². The van der Waals surface area contributed by atoms with Gasteiger partial charge in [0.15, 0.2) is 0 Å². The normalized spacial score (nSPS) is 11.7. The highest BCUT2D eigenvalue weighted by Gasteiger charge is 2.07. The zero-order chi connectivity index (χ0) is 19.5. The number of nitrogens with one attached hydrogen (secondary N) is 2. The largest absolute Gasteiger partial charge is 0.379 e. The van der Waals surface area contributed by atoms with Crippen molar-refractivity contribution < 1.29 is 14.3 Å². The number of hydrogen-bond acceptors (Lipinski definition) is 4. The zero-order valence-electron chi connectivity index (χ0n) is 17.2. The van der Waals surface area contributed by atoms with Crippen LogP contribution in [0.15, 0.2) is 0 Å². The Balaban J connectivity index is 3.20. The molecule has 0 radical (unpaired) electrons. The van der Waals surface area contributed by atoms with Gasteiger partial charge in [0.1, 0.15) is 0 Å². The Morgan fingerprint density at radius 1 is 0.808 bits per heavy atom. The van der Waals surface area contributed by atoms with E-state index in [1.165, 1.54) is 12.8 Å². The van der Waals surface area contributed by atoms with E-state index in [9.17, 15) is 4.79 Å². The molecule has 26 heavy (non-hydrogen) atoms. The second kappa shape index (κ2) is 18.0. The predicted molar refractivity (Wildman–Crippen MR) is 110 cm³/mol. The minimum absolute atomic E-state index is 0.116. The van der Waals surface area contributed by atoms with Crippen LogP contribution in [0, 0.1) is 0 Å². The first kappa shape index (κ1) is 25.6. The number of alkyl halides is 1. The molecule has 1 amide bonds. The Kier molecular flexibility index (Phi) is 17.8. The van der Waals surface area contributed by atoms with Crippen LogP contribution in [-0.4, -0.2) is 56.8 Å². The van der Waals surface area contributed by atoms with Gasteiger partial charge in [-0.3, -0.25) is 4.79 Å². The topological polar surface area (TPSA) is 59.6 Å². The molecule has 0 fully saturated rings. The molecule has 6 heteroatoms. The minimum Gasteiger partial charge on any atom is -0.379 e. The third kappa shape index (κ3) is 21.7. The Labute approximate surface area is 165 Å². The van der Waals surface area contributed by atoms with Gasteiger partial charge in [-0.25, -0.2) is 0 Å². The second-order valence-corrected chi connectivity index (χ2v) is 8.04. The highest BCUT2D eigenvalue weighted by Crippen LogP contribution is 2.03. The van der Waals surface area contributed by atoms with Gasteiger partial charge in [0.2, 0.25) is 5.91 Å². The summed E-state index contributed by atoms with van der Waals surface area (Å²) in [5, 5.41) is 6.35. The van der Waals surface area contributed by atoms with Crippen molar-refractivity contribution in [2.75, 3.05) is 45.4 Å². The lowest BCUT2D eigenvalue weighted by Crippen LogP contribution is -2.36. The van der Waals surface area contributed by atoms with Crippen LogP contribution in [0.5, 0.6) is 0 Å². The average molecular weight is 393 g/mol. The molecule has 156 valence electrons. The number of unbranched alkanes of at least 4 members (excludes halogenated alkanes) is 5. The van der Waals surface area contributed by atoms with Gasteiger partial charge < -0.3 is 20.1 Å². The molecule has 0 rings (SSSR count). The summed E-state index contributed by atoms with van der Waals surface area (Å²) in [5.41, 5.74) is 0.173. The fourth-order valence-electron chi connectivity index (χ4n) is 2.38. The molecule has 2 N–H and O–H groups in total. The molecule has 0 aliphatic rings. The molecule has 0 aromatic rings. The maximum Gasteiger partial charge on any atom is 0.220 e. The number of halogens is 1. The third-order valence-corrected chi connectivity index (χ3v) is 4.12. The number of ether oxygens (including phenoxy) is 2. The van der Waals surface area contributed by atoms with E-state index in [4.69, 9.17) is 21.1 Å². The molecule has 0 unspecified atom stereocenters. The number of carbonyl (C=O) groups excluding carboxylic acids is 1. The summed E-state index contributed by atoms with van der Waals surface area (Å²) >= 11 is 5.62. The van der Waals surface area contributed by atoms with Gasteiger partial charge in [-0.1, -0.05) is 19.3 Å². The number of carbonyl (C=O) groups is 1. The lowest BCUT2D eigenvalue weighted by Gasteiger charge is -2.20. The molecule has 0 saturated heterocycles. The van der Waals surface area contributed by atoms with Gasteiger partial charge in [-0.15, -0.1) is 11.6 Å². The van der Waals surface area contributed by atoms with Crippen LogP contribution in [0.3, 0.4) is 0 Å². The Bertz CT molecular complexity index is 323. The Morgan fingerprint density at radius 3 is 2.15 bits per heavy atom. The van der Waals surface area contributed by atoms with Crippen LogP contribution in [0.2, 0.25) is 0 Å². The van der Waals surface area contributed by atoms with Gasteiger partial charge in [-0.2, -0.15) is 0 Å². The fourth-order valence-corrected chi connectivity index (χ4v) is 2.56. The smallest absolute Gasteiger partial charge is 0.220 e. The molecule has 0 aliphatic heterocycles. The first-order valence-corrected chi connectivity index (χ1v) is 10.7. The van der Waals surface area contributed by atoms with E-state index in [-0.39, 0.29) is 11.4 Å². The van der Waals surface area contributed by atoms with E-state index < -0.39 is 0 Å². The van der Waals surface area contributed by atoms with E-state index in [0.29, 0.717) is 32.8 Å². The number of rotatable bonds is 18. The van der Waals surface area contributed by atoms with E-state index in [1.54, 1.807) is 0 Å². The molecular formula is C20H41ClN2O3. The summed E-state index contributed by atoms with van der Waals surface area (Å²) in [6, 6.07) is 0. The van der Waals surface area contributed by atoms with Crippen LogP contribution < -0.4 is 10.6 Å². The summed E-state index contributed by atoms with van der Waals surface area (Å²) in [7, 11) is 0. The van der Waals surface area contributed by atoms with Crippen molar-refractivity contribution in [2.24, 2.45) is 0 Å². The quantitative estimate of drug-likeness (QED) is 0.274. The molecule has 0 aromatic heterocycles. The Morgan fingerprint density at radius 2 is 1.46 bits per heavy atom. The molecule has 0 atom stereocenters. The van der Waals surface area contributed by atoms with Crippen molar-refractivity contribution in [2.45, 2.75) is 77.7 Å². The molecule has 0 heterocycles. The Hall–Kier alpha value is -0.360. The van der Waals surface area contributed by atoms with Crippen molar-refractivity contribution in [3.05, 3.63) is 0 Å². The van der Waals surface area contributed by atoms with E-state index >= 15 is 0 Å². The van der Waals surface area contributed by atoms with Crippen molar-refractivity contribution in [1.29, 1.82) is 0 Å². The molecule has 5 nitrogen and oxygen atoms in total. The van der Waals surface area contributed by atoms with E-state index in [0.717, 1.165) is 51.1 Å². The number of amides is 1. The van der Waals surface area contributed by atoms with Gasteiger partial charge in [0, 0.05) is 31.0 Å². The van der Waals surface area contributed by atoms with E-state index in [2.05, 4.69) is 31.4 Å². The van der Waals surface area contributed by atoms with Crippen LogP contribution in [-0.2, 0) is 14.3 Å². The summed E-state index contributed by atoms with van der Waals surface area (Å²) in [4.78, 5) is 11.7. The van der Waals surface area contributed by atoms with Crippen LogP contribution in [0.25, 0.3) is 0 Å². The average Bonchev–Trinajstić information content (AvgIpc) is 2.58. The van der Waals surface area contributed by atoms with Crippen molar-refractivity contribution in [1.82, 2.24) is 10.6 Å². The molecule has 0 aliphatic carbocycles. The zero-order valence-corrected chi connectivity index (χ0v) is 18.0. The highest BCUT2D eigenvalue weighted by molar-refractivity contribution is 6.17. The molecular weight excluding hydrogens is 352 g/mol. The lowest BCUT2D eigenvalue weighted by atomic mass is 10.1. The van der Waals surface area contributed by atoms with Crippen molar-refractivity contribution >= 4 is 17.5 Å². The summed E-state index contributed by atoms with van der Waals surface area (Å²) < 4.78 is 11.0.